The highest BCUT2D eigenvalue weighted by molar-refractivity contribution is 7.33. The molecular weight excluding hydrogens is 974 g/mol. The van der Waals surface area contributed by atoms with Gasteiger partial charge in [0.25, 0.3) is 6.71 Å². The number of para-hydroxylation sites is 1. The molecule has 2 bridgehead atoms. The lowest BCUT2D eigenvalue weighted by Crippen LogP contribution is -2.61. The zero-order valence-corrected chi connectivity index (χ0v) is 51.4. The summed E-state index contributed by atoms with van der Waals surface area (Å²) in [6.07, 6.45) is 14.8. The Bertz CT molecular complexity index is 3780. The zero-order chi connectivity index (χ0) is 55.1. The van der Waals surface area contributed by atoms with E-state index in [1.54, 1.807) is 16.7 Å². The average molecular weight is 1060 g/mol. The molecule has 2 fully saturated rings. The molecule has 406 valence electrons. The minimum Gasteiger partial charge on any atom is -0.334 e. The molecule has 0 amide bonds. The number of hydrogen-bond donors (Lipinski definition) is 0. The Hall–Kier alpha value is -5.26. The smallest absolute Gasteiger partial charge is 0.264 e. The Morgan fingerprint density at radius 1 is 0.443 bits per heavy atom. The van der Waals surface area contributed by atoms with Crippen molar-refractivity contribution in [1.29, 1.82) is 0 Å². The summed E-state index contributed by atoms with van der Waals surface area (Å²) in [4.78, 5) is 8.48. The van der Waals surface area contributed by atoms with Crippen LogP contribution in [-0.4, -0.2) is 12.3 Å². The van der Waals surface area contributed by atoms with Gasteiger partial charge in [0, 0.05) is 60.1 Å². The number of fused-ring (bicyclic) bond motifs is 13. The van der Waals surface area contributed by atoms with Crippen LogP contribution in [0.25, 0.3) is 10.1 Å². The van der Waals surface area contributed by atoms with Crippen molar-refractivity contribution in [2.75, 3.05) is 14.7 Å². The van der Waals surface area contributed by atoms with Crippen LogP contribution in [0.1, 0.15) is 225 Å². The Morgan fingerprint density at radius 3 is 1.65 bits per heavy atom. The van der Waals surface area contributed by atoms with Gasteiger partial charge in [-0.15, -0.1) is 11.3 Å². The van der Waals surface area contributed by atoms with Gasteiger partial charge in [-0.25, -0.2) is 0 Å². The lowest BCUT2D eigenvalue weighted by atomic mass is 9.35. The summed E-state index contributed by atoms with van der Waals surface area (Å²) in [6.45, 7) is 37.7. The molecule has 6 aromatic carbocycles. The predicted molar refractivity (Wildman–Crippen MR) is 341 cm³/mol. The van der Waals surface area contributed by atoms with Crippen molar-refractivity contribution in [1.82, 2.24) is 0 Å². The highest BCUT2D eigenvalue weighted by atomic mass is 32.1. The van der Waals surface area contributed by atoms with Crippen LogP contribution in [0.2, 0.25) is 0 Å². The van der Waals surface area contributed by atoms with E-state index in [9.17, 15) is 0 Å². The molecule has 2 atom stereocenters. The van der Waals surface area contributed by atoms with Crippen molar-refractivity contribution in [3.8, 4) is 0 Å². The summed E-state index contributed by atoms with van der Waals surface area (Å²) < 4.78 is 2.95. The molecule has 16 rings (SSSR count). The number of thiophene rings is 1. The maximum atomic E-state index is 2.87. The molecule has 2 unspecified atom stereocenters. The van der Waals surface area contributed by atoms with Crippen molar-refractivity contribution in [3.63, 3.8) is 0 Å². The molecule has 3 aliphatic heterocycles. The molecule has 0 spiro atoms. The van der Waals surface area contributed by atoms with Crippen LogP contribution in [0.3, 0.4) is 0 Å². The molecule has 5 heteroatoms. The zero-order valence-electron chi connectivity index (χ0n) is 50.6. The van der Waals surface area contributed by atoms with Gasteiger partial charge >= 0.3 is 0 Å². The first-order valence-corrected chi connectivity index (χ1v) is 31.7. The van der Waals surface area contributed by atoms with E-state index in [1.165, 1.54) is 170 Å². The Labute approximate surface area is 478 Å². The summed E-state index contributed by atoms with van der Waals surface area (Å²) >= 11 is 2.12. The SMILES string of the molecule is CC(C)(C)c1ccc(N2c3cc(N4c5ccccc5C5(C)CCCCC45C)cc4c3B(c3cc5c(cc3N4c3ccc4c(c3)C(C)(C)CCC4(C)C)C(C)(C)CCC5(C)C)c3sc4cc5c(cc4c32)C2(C)CCC5(C)CC2)cc1. The lowest BCUT2D eigenvalue weighted by molar-refractivity contribution is 0.188. The summed E-state index contributed by atoms with van der Waals surface area (Å²) in [7, 11) is 0. The topological polar surface area (TPSA) is 9.72 Å². The predicted octanol–water partition coefficient (Wildman–Crippen LogP) is 18.8. The van der Waals surface area contributed by atoms with Gasteiger partial charge in [0.15, 0.2) is 0 Å². The van der Waals surface area contributed by atoms with E-state index in [0.717, 1.165) is 6.42 Å². The minimum absolute atomic E-state index is 0.0164. The first-order valence-electron chi connectivity index (χ1n) is 30.9. The fraction of sp³-hybridized carbons (Fsp3) is 0.486. The summed E-state index contributed by atoms with van der Waals surface area (Å²) in [5, 5.41) is 1.44. The van der Waals surface area contributed by atoms with Crippen LogP contribution in [0.4, 0.5) is 45.5 Å². The van der Waals surface area contributed by atoms with Gasteiger partial charge in [0.1, 0.15) is 0 Å². The molecule has 6 aliphatic carbocycles. The molecule has 2 saturated carbocycles. The largest absolute Gasteiger partial charge is 0.334 e. The number of nitrogens with zero attached hydrogens (tertiary/aromatic N) is 3. The third-order valence-electron chi connectivity index (χ3n) is 23.9. The Balaban J connectivity index is 1.10. The minimum atomic E-state index is -0.110. The molecule has 4 heterocycles. The normalized spacial score (nSPS) is 27.8. The molecule has 0 N–H and O–H groups in total. The van der Waals surface area contributed by atoms with Crippen molar-refractivity contribution >= 4 is 89.3 Å². The molecule has 0 radical (unpaired) electrons. The van der Waals surface area contributed by atoms with E-state index in [2.05, 4.69) is 233 Å². The summed E-state index contributed by atoms with van der Waals surface area (Å²) in [6, 6.07) is 43.5. The molecule has 0 saturated heterocycles. The van der Waals surface area contributed by atoms with Crippen LogP contribution in [0.5, 0.6) is 0 Å². The quantitative estimate of drug-likeness (QED) is 0.163. The van der Waals surface area contributed by atoms with E-state index in [4.69, 9.17) is 0 Å². The van der Waals surface area contributed by atoms with Gasteiger partial charge in [-0.3, -0.25) is 0 Å². The fourth-order valence-corrected chi connectivity index (χ4v) is 19.4. The standard InChI is InChI=1S/C74H86BN3S/c1-66(2,3)45-22-24-46(25-23-45)77-61-40-48(78-58-21-17-16-20-51(58)73(14)28-18-19-29-74(73,78)15)39-60-63(61)75(65-64(77)49-41-55-56(44-62(49)79-65)72(13)36-34-71(55,12)35-37-72)57-42-53-54(70(10,11)33-32-69(53,8)9)43-59(57)76(60)47-26-27-50-52(38-47)68(6,7)31-30-67(50,4)5/h16-17,20-27,38-44H,18-19,28-37H2,1-15H3. The molecule has 3 nitrogen and oxygen atoms in total. The number of benzene rings is 6. The van der Waals surface area contributed by atoms with Gasteiger partial charge < -0.3 is 14.7 Å². The lowest BCUT2D eigenvalue weighted by Gasteiger charge is -2.52. The summed E-state index contributed by atoms with van der Waals surface area (Å²) in [5.41, 5.74) is 26.5. The van der Waals surface area contributed by atoms with Crippen LogP contribution in [0, 0.1) is 0 Å². The number of anilines is 8. The number of rotatable bonds is 3. The van der Waals surface area contributed by atoms with Crippen LogP contribution in [-0.2, 0) is 43.3 Å². The van der Waals surface area contributed by atoms with Crippen molar-refractivity contribution in [3.05, 3.63) is 148 Å². The first kappa shape index (κ1) is 50.7. The molecule has 9 aliphatic rings. The average Bonchev–Trinajstić information content (AvgIpc) is 2.80. The highest BCUT2D eigenvalue weighted by Crippen LogP contribution is 2.64. The third kappa shape index (κ3) is 6.72. The van der Waals surface area contributed by atoms with Crippen LogP contribution >= 0.6 is 11.3 Å². The fourth-order valence-electron chi connectivity index (χ4n) is 18.1. The maximum absolute atomic E-state index is 2.87. The van der Waals surface area contributed by atoms with E-state index in [0.29, 0.717) is 0 Å². The van der Waals surface area contributed by atoms with Crippen molar-refractivity contribution < 1.29 is 0 Å². The molecule has 7 aromatic rings. The summed E-state index contributed by atoms with van der Waals surface area (Å²) in [5.74, 6) is 0. The highest BCUT2D eigenvalue weighted by Gasteiger charge is 2.59. The molecular formula is C74H86BN3S. The van der Waals surface area contributed by atoms with Gasteiger partial charge in [0.2, 0.25) is 0 Å². The van der Waals surface area contributed by atoms with Crippen molar-refractivity contribution in [2.45, 2.75) is 230 Å². The van der Waals surface area contributed by atoms with Crippen molar-refractivity contribution in [2.24, 2.45) is 0 Å². The molecule has 79 heavy (non-hydrogen) atoms. The van der Waals surface area contributed by atoms with Gasteiger partial charge in [-0.2, -0.15) is 0 Å². The second kappa shape index (κ2) is 15.8. The van der Waals surface area contributed by atoms with E-state index >= 15 is 0 Å². The monoisotopic (exact) mass is 1060 g/mol. The van der Waals surface area contributed by atoms with Gasteiger partial charge in [-0.1, -0.05) is 152 Å². The Morgan fingerprint density at radius 2 is 1.00 bits per heavy atom. The van der Waals surface area contributed by atoms with E-state index in [-0.39, 0.29) is 55.6 Å². The van der Waals surface area contributed by atoms with E-state index < -0.39 is 0 Å². The first-order chi connectivity index (χ1) is 37.2. The molecule has 1 aromatic heterocycles. The van der Waals surface area contributed by atoms with Gasteiger partial charge in [-0.05, 0) is 225 Å². The second-order valence-corrected chi connectivity index (χ2v) is 32.6. The van der Waals surface area contributed by atoms with Crippen LogP contribution < -0.4 is 30.4 Å². The van der Waals surface area contributed by atoms with E-state index in [1.807, 2.05) is 0 Å². The van der Waals surface area contributed by atoms with Crippen LogP contribution in [0.15, 0.2) is 103 Å². The Kier molecular flexibility index (Phi) is 10.2. The maximum Gasteiger partial charge on any atom is 0.264 e. The second-order valence-electron chi connectivity index (χ2n) is 31.5. The van der Waals surface area contributed by atoms with Gasteiger partial charge in [0.05, 0.1) is 11.2 Å². The third-order valence-corrected chi connectivity index (χ3v) is 25.1. The number of hydrogen-bond acceptors (Lipinski definition) is 4.